The van der Waals surface area contributed by atoms with E-state index in [0.29, 0.717) is 19.8 Å². The van der Waals surface area contributed by atoms with Gasteiger partial charge in [0.2, 0.25) is 0 Å². The highest BCUT2D eigenvalue weighted by atomic mass is 16.6. The van der Waals surface area contributed by atoms with Gasteiger partial charge in [-0.3, -0.25) is 0 Å². The second kappa shape index (κ2) is 11.8. The van der Waals surface area contributed by atoms with Gasteiger partial charge in [0.05, 0.1) is 26.4 Å². The van der Waals surface area contributed by atoms with Crippen molar-refractivity contribution in [3.05, 3.63) is 23.5 Å². The van der Waals surface area contributed by atoms with E-state index in [4.69, 9.17) is 29.2 Å². The Hall–Kier alpha value is -2.92. The Bertz CT molecular complexity index is 669. The van der Waals surface area contributed by atoms with Crippen LogP contribution in [0.25, 0.3) is 0 Å². The molecular weight excluding hydrogens is 388 g/mol. The number of carboxylic acids is 2. The fraction of sp³-hybridized carbons (Fsp3) is 0.556. The van der Waals surface area contributed by atoms with E-state index in [1.54, 1.807) is 20.8 Å². The maximum atomic E-state index is 11.4. The van der Waals surface area contributed by atoms with Crippen molar-refractivity contribution in [3.63, 3.8) is 0 Å². The van der Waals surface area contributed by atoms with E-state index in [2.05, 4.69) is 10.3 Å². The van der Waals surface area contributed by atoms with Gasteiger partial charge >= 0.3 is 18.0 Å². The summed E-state index contributed by atoms with van der Waals surface area (Å²) in [5, 5.41) is 20.5. The number of alkyl carbamates (subject to hydrolysis) is 1. The lowest BCUT2D eigenvalue weighted by Crippen LogP contribution is -2.34. The molecule has 0 radical (unpaired) electrons. The number of hydrogen-bond donors (Lipinski definition) is 3. The summed E-state index contributed by atoms with van der Waals surface area (Å²) >= 11 is 0. The number of nitrogens with one attached hydrogen (secondary N) is 1. The van der Waals surface area contributed by atoms with E-state index in [1.165, 1.54) is 0 Å². The largest absolute Gasteiger partial charge is 0.491 e. The fourth-order valence-electron chi connectivity index (χ4n) is 1.89. The van der Waals surface area contributed by atoms with E-state index < -0.39 is 35.0 Å². The Morgan fingerprint density at radius 2 is 1.45 bits per heavy atom. The third-order valence-electron chi connectivity index (χ3n) is 3.02. The first-order valence-electron chi connectivity index (χ1n) is 8.82. The van der Waals surface area contributed by atoms with Gasteiger partial charge in [-0.2, -0.15) is 0 Å². The molecule has 1 aromatic heterocycles. The lowest BCUT2D eigenvalue weighted by molar-refractivity contribution is 0.0327. The second-order valence-electron chi connectivity index (χ2n) is 6.69. The van der Waals surface area contributed by atoms with Crippen LogP contribution in [0.3, 0.4) is 0 Å². The van der Waals surface area contributed by atoms with Crippen molar-refractivity contribution < 1.29 is 43.5 Å². The molecule has 0 saturated carbocycles. The van der Waals surface area contributed by atoms with Crippen LogP contribution in [-0.2, 0) is 14.2 Å². The summed E-state index contributed by atoms with van der Waals surface area (Å²) < 4.78 is 21.0. The molecule has 1 rings (SSSR count). The second-order valence-corrected chi connectivity index (χ2v) is 6.69. The molecule has 162 valence electrons. The number of nitrogens with zero attached hydrogens (tertiary/aromatic N) is 1. The molecule has 11 heteroatoms. The molecule has 29 heavy (non-hydrogen) atoms. The van der Waals surface area contributed by atoms with Gasteiger partial charge < -0.3 is 34.5 Å². The van der Waals surface area contributed by atoms with Crippen LogP contribution >= 0.6 is 0 Å². The number of carboxylic acid groups (broad SMARTS) is 2. The average Bonchev–Trinajstić information content (AvgIpc) is 2.61. The zero-order valence-corrected chi connectivity index (χ0v) is 16.6. The van der Waals surface area contributed by atoms with Crippen molar-refractivity contribution in [3.8, 4) is 5.75 Å². The van der Waals surface area contributed by atoms with Crippen molar-refractivity contribution in [2.24, 2.45) is 0 Å². The molecule has 11 nitrogen and oxygen atoms in total. The third kappa shape index (κ3) is 10.9. The van der Waals surface area contributed by atoms with E-state index in [1.807, 2.05) is 0 Å². The average molecular weight is 414 g/mol. The number of pyridine rings is 1. The lowest BCUT2D eigenvalue weighted by atomic mass is 10.2. The van der Waals surface area contributed by atoms with Gasteiger partial charge in [-0.15, -0.1) is 0 Å². The van der Waals surface area contributed by atoms with Gasteiger partial charge in [-0.05, 0) is 20.8 Å². The van der Waals surface area contributed by atoms with Gasteiger partial charge in [0.15, 0.2) is 11.4 Å². The number of ether oxygens (including phenoxy) is 4. The van der Waals surface area contributed by atoms with Crippen LogP contribution in [0, 0.1) is 0 Å². The summed E-state index contributed by atoms with van der Waals surface area (Å²) in [4.78, 5) is 36.8. The minimum Gasteiger partial charge on any atom is -0.491 e. The maximum Gasteiger partial charge on any atom is 0.407 e. The standard InChI is InChI=1S/C18H26N2O9/c1-18(2,3)29-17(25)19-4-5-26-6-7-27-8-9-28-12-10-13(15(21)22)20-14(11-12)16(23)24/h10-11H,4-9H2,1-3H3,(H,19,25)(H,21,22)(H,23,24). The van der Waals surface area contributed by atoms with Crippen LogP contribution in [0.15, 0.2) is 12.1 Å². The van der Waals surface area contributed by atoms with E-state index in [-0.39, 0.29) is 25.6 Å². The molecule has 0 aliphatic carbocycles. The third-order valence-corrected chi connectivity index (χ3v) is 3.02. The number of hydrogen-bond acceptors (Lipinski definition) is 8. The first kappa shape index (κ1) is 24.1. The molecule has 1 aromatic rings. The summed E-state index contributed by atoms with van der Waals surface area (Å²) in [5.41, 5.74) is -1.40. The summed E-state index contributed by atoms with van der Waals surface area (Å²) in [6.45, 7) is 6.78. The van der Waals surface area contributed by atoms with Crippen molar-refractivity contribution in [1.82, 2.24) is 10.3 Å². The molecule has 0 atom stereocenters. The summed E-state index contributed by atoms with van der Waals surface area (Å²) in [6, 6.07) is 2.27. The predicted octanol–water partition coefficient (Wildman–Crippen LogP) is 1.41. The molecule has 0 spiro atoms. The molecule has 0 saturated heterocycles. The van der Waals surface area contributed by atoms with Crippen molar-refractivity contribution in [1.29, 1.82) is 0 Å². The quantitative estimate of drug-likeness (QED) is 0.428. The van der Waals surface area contributed by atoms with Gasteiger partial charge in [0.1, 0.15) is 18.0 Å². The van der Waals surface area contributed by atoms with Crippen molar-refractivity contribution in [2.75, 3.05) is 39.6 Å². The number of carbonyl (C=O) groups is 3. The highest BCUT2D eigenvalue weighted by Gasteiger charge is 2.15. The highest BCUT2D eigenvalue weighted by Crippen LogP contribution is 2.14. The molecule has 0 bridgehead atoms. The number of aromatic carboxylic acids is 2. The van der Waals surface area contributed by atoms with Crippen LogP contribution < -0.4 is 10.1 Å². The Morgan fingerprint density at radius 3 is 1.97 bits per heavy atom. The lowest BCUT2D eigenvalue weighted by Gasteiger charge is -2.19. The zero-order valence-electron chi connectivity index (χ0n) is 16.6. The SMILES string of the molecule is CC(C)(C)OC(=O)NCCOCCOCCOc1cc(C(=O)O)nc(C(=O)O)c1. The minimum atomic E-state index is -1.35. The summed E-state index contributed by atoms with van der Waals surface area (Å²) in [7, 11) is 0. The summed E-state index contributed by atoms with van der Waals surface area (Å²) in [6.07, 6.45) is -0.511. The fourth-order valence-corrected chi connectivity index (χ4v) is 1.89. The van der Waals surface area contributed by atoms with Gasteiger partial charge in [-0.25, -0.2) is 19.4 Å². The van der Waals surface area contributed by atoms with Gasteiger partial charge in [0, 0.05) is 18.7 Å². The van der Waals surface area contributed by atoms with E-state index in [0.717, 1.165) is 12.1 Å². The number of carbonyl (C=O) groups excluding carboxylic acids is 1. The monoisotopic (exact) mass is 414 g/mol. The summed E-state index contributed by atoms with van der Waals surface area (Å²) in [5.74, 6) is -2.64. The topological polar surface area (TPSA) is 154 Å². The Balaban J connectivity index is 2.15. The molecule has 0 aliphatic heterocycles. The van der Waals surface area contributed by atoms with Crippen LogP contribution in [-0.4, -0.2) is 78.4 Å². The molecular formula is C18H26N2O9. The Labute approximate surface area is 167 Å². The predicted molar refractivity (Wildman–Crippen MR) is 99.5 cm³/mol. The molecule has 1 heterocycles. The molecule has 0 fully saturated rings. The number of aromatic nitrogens is 1. The minimum absolute atomic E-state index is 0.0721. The normalized spacial score (nSPS) is 11.0. The molecule has 0 aliphatic rings. The van der Waals surface area contributed by atoms with Gasteiger partial charge in [0.25, 0.3) is 0 Å². The van der Waals surface area contributed by atoms with Crippen LogP contribution in [0.2, 0.25) is 0 Å². The molecule has 0 unspecified atom stereocenters. The van der Waals surface area contributed by atoms with Crippen LogP contribution in [0.1, 0.15) is 41.7 Å². The number of rotatable bonds is 12. The molecule has 0 aromatic carbocycles. The van der Waals surface area contributed by atoms with Crippen molar-refractivity contribution >= 4 is 18.0 Å². The highest BCUT2D eigenvalue weighted by molar-refractivity contribution is 5.90. The first-order chi connectivity index (χ1) is 13.6. The van der Waals surface area contributed by atoms with E-state index in [9.17, 15) is 14.4 Å². The number of amides is 1. The smallest absolute Gasteiger partial charge is 0.407 e. The Kier molecular flexibility index (Phi) is 9.83. The molecule has 3 N–H and O–H groups in total. The molecule has 1 amide bonds. The van der Waals surface area contributed by atoms with E-state index >= 15 is 0 Å². The van der Waals surface area contributed by atoms with Crippen LogP contribution in [0.5, 0.6) is 5.75 Å². The van der Waals surface area contributed by atoms with Gasteiger partial charge in [-0.1, -0.05) is 0 Å². The van der Waals surface area contributed by atoms with Crippen molar-refractivity contribution in [2.45, 2.75) is 26.4 Å². The maximum absolute atomic E-state index is 11.4. The first-order valence-corrected chi connectivity index (χ1v) is 8.82. The van der Waals surface area contributed by atoms with Crippen LogP contribution in [0.4, 0.5) is 4.79 Å². The Morgan fingerprint density at radius 1 is 0.931 bits per heavy atom. The zero-order chi connectivity index (χ0) is 21.9.